The number of fused-ring (bicyclic) bond motifs is 1. The molecule has 3 aromatic carbocycles. The SMILES string of the molecule is COc1ccc(C(=O)N/N=C/c2ccc3cccc(OCc4ccccc4)c3n2)cc1. The van der Waals surface area contributed by atoms with Crippen LogP contribution >= 0.6 is 0 Å². The molecule has 0 spiro atoms. The second kappa shape index (κ2) is 9.54. The summed E-state index contributed by atoms with van der Waals surface area (Å²) in [5.41, 5.74) is 5.43. The second-order valence-corrected chi connectivity index (χ2v) is 6.77. The molecule has 0 unspecified atom stereocenters. The van der Waals surface area contributed by atoms with Crippen molar-refractivity contribution in [1.29, 1.82) is 0 Å². The fraction of sp³-hybridized carbons (Fsp3) is 0.0800. The predicted molar refractivity (Wildman–Crippen MR) is 121 cm³/mol. The number of nitrogens with zero attached hydrogens (tertiary/aromatic N) is 2. The van der Waals surface area contributed by atoms with Crippen molar-refractivity contribution >= 4 is 23.0 Å². The number of aromatic nitrogens is 1. The van der Waals surface area contributed by atoms with Gasteiger partial charge in [-0.15, -0.1) is 0 Å². The predicted octanol–water partition coefficient (Wildman–Crippen LogP) is 4.59. The van der Waals surface area contributed by atoms with Gasteiger partial charge in [-0.1, -0.05) is 48.5 Å². The third-order valence-electron chi connectivity index (χ3n) is 4.66. The maximum absolute atomic E-state index is 12.2. The summed E-state index contributed by atoms with van der Waals surface area (Å²) in [6.45, 7) is 0.456. The lowest BCUT2D eigenvalue weighted by molar-refractivity contribution is 0.0955. The van der Waals surface area contributed by atoms with Crippen molar-refractivity contribution in [3.8, 4) is 11.5 Å². The summed E-state index contributed by atoms with van der Waals surface area (Å²) in [5.74, 6) is 1.07. The number of nitrogens with one attached hydrogen (secondary N) is 1. The number of hydrogen-bond donors (Lipinski definition) is 1. The molecule has 1 amide bonds. The van der Waals surface area contributed by atoms with Crippen molar-refractivity contribution in [1.82, 2.24) is 10.4 Å². The maximum Gasteiger partial charge on any atom is 0.271 e. The van der Waals surface area contributed by atoms with E-state index in [-0.39, 0.29) is 5.91 Å². The van der Waals surface area contributed by atoms with Gasteiger partial charge >= 0.3 is 0 Å². The third-order valence-corrected chi connectivity index (χ3v) is 4.66. The van der Waals surface area contributed by atoms with Gasteiger partial charge in [0, 0.05) is 10.9 Å². The lowest BCUT2D eigenvalue weighted by atomic mass is 10.2. The molecule has 4 rings (SSSR count). The van der Waals surface area contributed by atoms with Crippen LogP contribution in [0.25, 0.3) is 10.9 Å². The molecule has 1 N–H and O–H groups in total. The molecule has 6 nitrogen and oxygen atoms in total. The zero-order valence-electron chi connectivity index (χ0n) is 17.0. The summed E-state index contributed by atoms with van der Waals surface area (Å²) < 4.78 is 11.1. The van der Waals surface area contributed by atoms with E-state index in [0.717, 1.165) is 16.5 Å². The van der Waals surface area contributed by atoms with Gasteiger partial charge in [0.1, 0.15) is 23.6 Å². The molecule has 154 valence electrons. The van der Waals surface area contributed by atoms with Gasteiger partial charge in [-0.2, -0.15) is 5.10 Å². The largest absolute Gasteiger partial charge is 0.497 e. The summed E-state index contributed by atoms with van der Waals surface area (Å²) in [7, 11) is 1.58. The number of benzene rings is 3. The van der Waals surface area contributed by atoms with E-state index >= 15 is 0 Å². The molecule has 0 saturated heterocycles. The summed E-state index contributed by atoms with van der Waals surface area (Å²) in [6.07, 6.45) is 1.51. The van der Waals surface area contributed by atoms with E-state index in [4.69, 9.17) is 9.47 Å². The average molecular weight is 411 g/mol. The standard InChI is InChI=1S/C25H21N3O3/c1-30-22-14-11-20(12-15-22)25(29)28-26-16-21-13-10-19-8-5-9-23(24(19)27-21)31-17-18-6-3-2-4-7-18/h2-16H,17H2,1H3,(H,28,29)/b26-16+. The van der Waals surface area contributed by atoms with Gasteiger partial charge in [-0.05, 0) is 42.0 Å². The topological polar surface area (TPSA) is 72.8 Å². The molecule has 0 aliphatic rings. The molecule has 0 saturated carbocycles. The quantitative estimate of drug-likeness (QED) is 0.357. The van der Waals surface area contributed by atoms with Crippen LogP contribution in [0.4, 0.5) is 0 Å². The maximum atomic E-state index is 12.2. The van der Waals surface area contributed by atoms with Crippen LogP contribution in [0.5, 0.6) is 11.5 Å². The molecule has 0 bridgehead atoms. The van der Waals surface area contributed by atoms with Crippen molar-refractivity contribution in [3.05, 3.63) is 102 Å². The summed E-state index contributed by atoms with van der Waals surface area (Å²) in [4.78, 5) is 16.9. The Morgan fingerprint density at radius 3 is 2.55 bits per heavy atom. The molecule has 31 heavy (non-hydrogen) atoms. The normalized spacial score (nSPS) is 10.9. The summed E-state index contributed by atoms with van der Waals surface area (Å²) in [5, 5.41) is 4.99. The minimum absolute atomic E-state index is 0.313. The Balaban J connectivity index is 1.46. The number of rotatable bonds is 7. The number of para-hydroxylation sites is 1. The fourth-order valence-corrected chi connectivity index (χ4v) is 3.02. The van der Waals surface area contributed by atoms with Crippen LogP contribution in [-0.4, -0.2) is 24.2 Å². The molecule has 0 fully saturated rings. The average Bonchev–Trinajstić information content (AvgIpc) is 2.83. The highest BCUT2D eigenvalue weighted by Crippen LogP contribution is 2.24. The minimum atomic E-state index is -0.313. The van der Waals surface area contributed by atoms with E-state index < -0.39 is 0 Å². The van der Waals surface area contributed by atoms with Gasteiger partial charge in [-0.3, -0.25) is 4.79 Å². The van der Waals surface area contributed by atoms with Crippen LogP contribution in [0, 0.1) is 0 Å². The highest BCUT2D eigenvalue weighted by atomic mass is 16.5. The van der Waals surface area contributed by atoms with Crippen molar-refractivity contribution < 1.29 is 14.3 Å². The molecule has 6 heteroatoms. The van der Waals surface area contributed by atoms with Crippen LogP contribution in [0.3, 0.4) is 0 Å². The van der Waals surface area contributed by atoms with Crippen LogP contribution in [0.2, 0.25) is 0 Å². The fourth-order valence-electron chi connectivity index (χ4n) is 3.02. The number of carbonyl (C=O) groups excluding carboxylic acids is 1. The van der Waals surface area contributed by atoms with Crippen LogP contribution < -0.4 is 14.9 Å². The van der Waals surface area contributed by atoms with Crippen LogP contribution in [-0.2, 0) is 6.61 Å². The monoisotopic (exact) mass is 411 g/mol. The van der Waals surface area contributed by atoms with E-state index in [2.05, 4.69) is 15.5 Å². The molecule has 0 atom stereocenters. The number of hydrogen-bond acceptors (Lipinski definition) is 5. The summed E-state index contributed by atoms with van der Waals surface area (Å²) in [6, 6.07) is 26.4. The molecule has 1 aromatic heterocycles. The Hall–Kier alpha value is -4.19. The minimum Gasteiger partial charge on any atom is -0.497 e. The van der Waals surface area contributed by atoms with Gasteiger partial charge in [0.05, 0.1) is 19.0 Å². The first-order valence-corrected chi connectivity index (χ1v) is 9.77. The molecular formula is C25H21N3O3. The lowest BCUT2D eigenvalue weighted by Crippen LogP contribution is -2.17. The number of amides is 1. The second-order valence-electron chi connectivity index (χ2n) is 6.77. The number of pyridine rings is 1. The van der Waals surface area contributed by atoms with Crippen molar-refractivity contribution in [2.75, 3.05) is 7.11 Å². The summed E-state index contributed by atoms with van der Waals surface area (Å²) >= 11 is 0. The Bertz CT molecular complexity index is 1210. The van der Waals surface area contributed by atoms with Crippen molar-refractivity contribution in [3.63, 3.8) is 0 Å². The van der Waals surface area contributed by atoms with Gasteiger partial charge in [0.25, 0.3) is 5.91 Å². The number of hydrazone groups is 1. The van der Waals surface area contributed by atoms with Crippen molar-refractivity contribution in [2.24, 2.45) is 5.10 Å². The highest BCUT2D eigenvalue weighted by Gasteiger charge is 2.06. The number of methoxy groups -OCH3 is 1. The van der Waals surface area contributed by atoms with Crippen LogP contribution in [0.1, 0.15) is 21.6 Å². The molecule has 1 heterocycles. The molecule has 4 aromatic rings. The van der Waals surface area contributed by atoms with Crippen molar-refractivity contribution in [2.45, 2.75) is 6.61 Å². The Labute approximate surface area is 180 Å². The molecular weight excluding hydrogens is 390 g/mol. The van der Waals surface area contributed by atoms with E-state index in [1.807, 2.05) is 60.7 Å². The Morgan fingerprint density at radius 1 is 0.968 bits per heavy atom. The first-order chi connectivity index (χ1) is 15.2. The first kappa shape index (κ1) is 20.1. The zero-order chi connectivity index (χ0) is 21.5. The van der Waals surface area contributed by atoms with Gasteiger partial charge in [-0.25, -0.2) is 10.4 Å². The van der Waals surface area contributed by atoms with E-state index in [1.54, 1.807) is 31.4 Å². The first-order valence-electron chi connectivity index (χ1n) is 9.77. The molecule has 0 aliphatic heterocycles. The molecule has 0 aliphatic carbocycles. The smallest absolute Gasteiger partial charge is 0.271 e. The lowest BCUT2D eigenvalue weighted by Gasteiger charge is -2.09. The van der Waals surface area contributed by atoms with E-state index in [9.17, 15) is 4.79 Å². The van der Waals surface area contributed by atoms with Crippen LogP contribution in [0.15, 0.2) is 90.0 Å². The molecule has 0 radical (unpaired) electrons. The highest BCUT2D eigenvalue weighted by molar-refractivity contribution is 5.95. The van der Waals surface area contributed by atoms with E-state index in [0.29, 0.717) is 29.4 Å². The van der Waals surface area contributed by atoms with Gasteiger partial charge < -0.3 is 9.47 Å². The number of carbonyl (C=O) groups is 1. The third kappa shape index (κ3) is 5.05. The van der Waals surface area contributed by atoms with Gasteiger partial charge in [0.15, 0.2) is 0 Å². The Kier molecular flexibility index (Phi) is 6.18. The zero-order valence-corrected chi connectivity index (χ0v) is 17.0. The number of ether oxygens (including phenoxy) is 2. The van der Waals surface area contributed by atoms with Gasteiger partial charge in [0.2, 0.25) is 0 Å². The van der Waals surface area contributed by atoms with E-state index in [1.165, 1.54) is 6.21 Å². The Morgan fingerprint density at radius 2 is 1.77 bits per heavy atom.